The van der Waals surface area contributed by atoms with Crippen LogP contribution in [0.2, 0.25) is 0 Å². The number of rotatable bonds is 2. The van der Waals surface area contributed by atoms with Crippen molar-refractivity contribution in [2.24, 2.45) is 0 Å². The number of halogens is 1. The third-order valence-electron chi connectivity index (χ3n) is 6.25. The molecule has 2 aliphatic rings. The van der Waals surface area contributed by atoms with Crippen LogP contribution in [0.4, 0.5) is 10.1 Å². The van der Waals surface area contributed by atoms with Crippen LogP contribution < -0.4 is 5.32 Å². The Morgan fingerprint density at radius 3 is 2.44 bits per heavy atom. The summed E-state index contributed by atoms with van der Waals surface area (Å²) in [6, 6.07) is 17.6. The van der Waals surface area contributed by atoms with Crippen LogP contribution in [-0.2, 0) is 9.59 Å². The summed E-state index contributed by atoms with van der Waals surface area (Å²) in [6.07, 6.45) is 0.0343. The Balaban J connectivity index is 1.30. The molecule has 0 aliphatic carbocycles. The summed E-state index contributed by atoms with van der Waals surface area (Å²) in [7, 11) is 0. The first-order valence-electron chi connectivity index (χ1n) is 10.7. The quantitative estimate of drug-likeness (QED) is 0.676. The second-order valence-electron chi connectivity index (χ2n) is 8.18. The second-order valence-corrected chi connectivity index (χ2v) is 8.18. The van der Waals surface area contributed by atoms with Gasteiger partial charge >= 0.3 is 0 Å². The molecule has 1 fully saturated rings. The standard InChI is InChI=1S/C25H22FN3O3/c26-17-8-9-19-21(15-23(30)27-22(19)14-17)25(32)29-12-10-28(11-13-29)24(31)20-7-3-5-16-4-1-2-6-18(16)20/h1-9,14,21H,10-13,15H2,(H,27,30). The Hall–Kier alpha value is -3.74. The molecule has 162 valence electrons. The Labute approximate surface area is 184 Å². The van der Waals surface area contributed by atoms with Crippen molar-refractivity contribution in [2.45, 2.75) is 12.3 Å². The first-order chi connectivity index (χ1) is 15.5. The summed E-state index contributed by atoms with van der Waals surface area (Å²) in [6.45, 7) is 1.62. The molecule has 2 heterocycles. The van der Waals surface area contributed by atoms with Gasteiger partial charge in [0.25, 0.3) is 5.91 Å². The number of hydrogen-bond donors (Lipinski definition) is 1. The van der Waals surface area contributed by atoms with Crippen LogP contribution in [0.1, 0.15) is 28.3 Å². The highest BCUT2D eigenvalue weighted by molar-refractivity contribution is 6.07. The zero-order valence-electron chi connectivity index (χ0n) is 17.4. The first kappa shape index (κ1) is 20.2. The molecule has 5 rings (SSSR count). The molecule has 0 radical (unpaired) electrons. The van der Waals surface area contributed by atoms with Crippen LogP contribution in [0.15, 0.2) is 60.7 Å². The van der Waals surface area contributed by atoms with Gasteiger partial charge in [0.1, 0.15) is 5.82 Å². The second kappa shape index (κ2) is 8.07. The molecule has 32 heavy (non-hydrogen) atoms. The van der Waals surface area contributed by atoms with Gasteiger partial charge in [-0.15, -0.1) is 0 Å². The number of fused-ring (bicyclic) bond motifs is 2. The molecule has 3 amide bonds. The van der Waals surface area contributed by atoms with Crippen LogP contribution in [0.5, 0.6) is 0 Å². The number of nitrogens with zero attached hydrogens (tertiary/aromatic N) is 2. The molecule has 1 unspecified atom stereocenters. The van der Waals surface area contributed by atoms with Crippen LogP contribution in [0, 0.1) is 5.82 Å². The lowest BCUT2D eigenvalue weighted by Gasteiger charge is -2.37. The fraction of sp³-hybridized carbons (Fsp3) is 0.240. The molecule has 3 aromatic carbocycles. The maximum Gasteiger partial charge on any atom is 0.254 e. The number of nitrogens with one attached hydrogen (secondary N) is 1. The topological polar surface area (TPSA) is 69.7 Å². The van der Waals surface area contributed by atoms with E-state index in [-0.39, 0.29) is 24.1 Å². The lowest BCUT2D eigenvalue weighted by Crippen LogP contribution is -2.52. The number of anilines is 1. The Morgan fingerprint density at radius 2 is 1.62 bits per heavy atom. The predicted molar refractivity (Wildman–Crippen MR) is 119 cm³/mol. The van der Waals surface area contributed by atoms with Gasteiger partial charge in [0.05, 0.1) is 5.92 Å². The SMILES string of the molecule is O=C1CC(C(=O)N2CCN(C(=O)c3cccc4ccccc34)CC2)c2ccc(F)cc2N1. The predicted octanol–water partition coefficient (Wildman–Crippen LogP) is 3.39. The summed E-state index contributed by atoms with van der Waals surface area (Å²) in [5, 5.41) is 4.57. The van der Waals surface area contributed by atoms with Gasteiger partial charge < -0.3 is 15.1 Å². The maximum absolute atomic E-state index is 13.6. The molecule has 1 saturated heterocycles. The van der Waals surface area contributed by atoms with Gasteiger partial charge in [-0.2, -0.15) is 0 Å². The van der Waals surface area contributed by atoms with Crippen molar-refractivity contribution in [3.63, 3.8) is 0 Å². The van der Waals surface area contributed by atoms with E-state index in [0.29, 0.717) is 43.0 Å². The van der Waals surface area contributed by atoms with Gasteiger partial charge in [-0.1, -0.05) is 42.5 Å². The van der Waals surface area contributed by atoms with E-state index in [1.165, 1.54) is 12.1 Å². The van der Waals surface area contributed by atoms with Crippen LogP contribution in [-0.4, -0.2) is 53.7 Å². The van der Waals surface area contributed by atoms with E-state index in [0.717, 1.165) is 10.8 Å². The highest BCUT2D eigenvalue weighted by Crippen LogP contribution is 2.34. The largest absolute Gasteiger partial charge is 0.339 e. The third kappa shape index (κ3) is 3.60. The van der Waals surface area contributed by atoms with Crippen molar-refractivity contribution in [2.75, 3.05) is 31.5 Å². The lowest BCUT2D eigenvalue weighted by atomic mass is 9.89. The molecule has 0 aromatic heterocycles. The summed E-state index contributed by atoms with van der Waals surface area (Å²) < 4.78 is 13.6. The molecular formula is C25H22FN3O3. The van der Waals surface area contributed by atoms with Gasteiger partial charge in [0.2, 0.25) is 11.8 Å². The van der Waals surface area contributed by atoms with Crippen molar-refractivity contribution in [3.8, 4) is 0 Å². The Morgan fingerprint density at radius 1 is 0.906 bits per heavy atom. The number of amides is 3. The van der Waals surface area contributed by atoms with E-state index < -0.39 is 11.7 Å². The van der Waals surface area contributed by atoms with E-state index in [2.05, 4.69) is 5.32 Å². The molecule has 0 bridgehead atoms. The lowest BCUT2D eigenvalue weighted by molar-refractivity contribution is -0.136. The summed E-state index contributed by atoms with van der Waals surface area (Å²) in [5.74, 6) is -1.61. The normalized spacial score (nSPS) is 18.3. The molecule has 2 aliphatic heterocycles. The number of carbonyl (C=O) groups excluding carboxylic acids is 3. The molecule has 3 aromatic rings. The molecule has 1 N–H and O–H groups in total. The Bertz CT molecular complexity index is 1230. The van der Waals surface area contributed by atoms with Crippen molar-refractivity contribution < 1.29 is 18.8 Å². The molecule has 1 atom stereocenters. The first-order valence-corrected chi connectivity index (χ1v) is 10.7. The minimum atomic E-state index is -0.639. The fourth-order valence-electron chi connectivity index (χ4n) is 4.59. The van der Waals surface area contributed by atoms with Gasteiger partial charge in [0.15, 0.2) is 0 Å². The van der Waals surface area contributed by atoms with Gasteiger partial charge in [0, 0.05) is 43.9 Å². The number of hydrogen-bond acceptors (Lipinski definition) is 3. The van der Waals surface area contributed by atoms with Crippen LogP contribution in [0.25, 0.3) is 10.8 Å². The minimum absolute atomic E-state index is 0.0343. The number of piperazine rings is 1. The highest BCUT2D eigenvalue weighted by Gasteiger charge is 2.35. The summed E-state index contributed by atoms with van der Waals surface area (Å²) >= 11 is 0. The van der Waals surface area contributed by atoms with Crippen molar-refractivity contribution in [1.82, 2.24) is 9.80 Å². The maximum atomic E-state index is 13.6. The molecule has 0 spiro atoms. The van der Waals surface area contributed by atoms with Crippen molar-refractivity contribution >= 4 is 34.2 Å². The monoisotopic (exact) mass is 431 g/mol. The van der Waals surface area contributed by atoms with Crippen LogP contribution in [0.3, 0.4) is 0 Å². The Kier molecular flexibility index (Phi) is 5.09. The molecule has 7 heteroatoms. The van der Waals surface area contributed by atoms with Crippen molar-refractivity contribution in [1.29, 1.82) is 0 Å². The van der Waals surface area contributed by atoms with E-state index in [9.17, 15) is 18.8 Å². The van der Waals surface area contributed by atoms with Gasteiger partial charge in [-0.05, 0) is 34.5 Å². The molecule has 0 saturated carbocycles. The third-order valence-corrected chi connectivity index (χ3v) is 6.25. The molecular weight excluding hydrogens is 409 g/mol. The zero-order valence-corrected chi connectivity index (χ0v) is 17.4. The highest BCUT2D eigenvalue weighted by atomic mass is 19.1. The summed E-state index contributed by atoms with van der Waals surface area (Å²) in [5.41, 5.74) is 1.64. The van der Waals surface area contributed by atoms with Crippen molar-refractivity contribution in [3.05, 3.63) is 77.6 Å². The van der Waals surface area contributed by atoms with Crippen LogP contribution >= 0.6 is 0 Å². The van der Waals surface area contributed by atoms with E-state index in [1.54, 1.807) is 15.9 Å². The average molecular weight is 431 g/mol. The van der Waals surface area contributed by atoms with Gasteiger partial charge in [-0.3, -0.25) is 14.4 Å². The average Bonchev–Trinajstić information content (AvgIpc) is 2.82. The van der Waals surface area contributed by atoms with E-state index in [4.69, 9.17) is 0 Å². The van der Waals surface area contributed by atoms with E-state index >= 15 is 0 Å². The van der Waals surface area contributed by atoms with E-state index in [1.807, 2.05) is 42.5 Å². The fourth-order valence-corrected chi connectivity index (χ4v) is 4.59. The minimum Gasteiger partial charge on any atom is -0.339 e. The zero-order chi connectivity index (χ0) is 22.2. The smallest absolute Gasteiger partial charge is 0.254 e. The number of benzene rings is 3. The summed E-state index contributed by atoms with van der Waals surface area (Å²) in [4.78, 5) is 41.9. The molecule has 6 nitrogen and oxygen atoms in total. The number of carbonyl (C=O) groups is 3. The van der Waals surface area contributed by atoms with Gasteiger partial charge in [-0.25, -0.2) is 4.39 Å².